The Bertz CT molecular complexity index is 1220. The lowest BCUT2D eigenvalue weighted by Gasteiger charge is -2.45. The minimum atomic E-state index is -0.734. The Balaban J connectivity index is 1.71. The van der Waals surface area contributed by atoms with Gasteiger partial charge in [-0.1, -0.05) is 47.5 Å². The fourth-order valence-electron chi connectivity index (χ4n) is 3.76. The predicted octanol–water partition coefficient (Wildman–Crippen LogP) is 6.79. The van der Waals surface area contributed by atoms with E-state index in [2.05, 4.69) is 13.0 Å². The van der Waals surface area contributed by atoms with Gasteiger partial charge in [-0.25, -0.2) is 0 Å². The lowest BCUT2D eigenvalue weighted by atomic mass is 9.95. The number of carbonyl (C=O) groups excluding carboxylic acids is 1. The number of aliphatic imine (C=N–C) groups is 1. The number of β-lactam (4-membered cyclic amide) rings is 1. The number of nitrogens with zero attached hydrogens (tertiary/aromatic N) is 2. The average Bonchev–Trinajstić information content (AvgIpc) is 2.76. The van der Waals surface area contributed by atoms with Gasteiger partial charge in [0.15, 0.2) is 0 Å². The molecule has 1 heterocycles. The number of benzene rings is 3. The van der Waals surface area contributed by atoms with Crippen LogP contribution in [0.5, 0.6) is 5.75 Å². The van der Waals surface area contributed by atoms with E-state index in [0.29, 0.717) is 15.8 Å². The summed E-state index contributed by atoms with van der Waals surface area (Å²) in [6.07, 6.45) is 1.06. The molecule has 1 fully saturated rings. The van der Waals surface area contributed by atoms with Gasteiger partial charge in [0, 0.05) is 16.9 Å². The lowest BCUT2D eigenvalue weighted by molar-refractivity contribution is -0.132. The van der Waals surface area contributed by atoms with Crippen LogP contribution in [0.25, 0.3) is 0 Å². The average molecular weight is 467 g/mol. The number of hydrogen-bond donors (Lipinski definition) is 0. The summed E-state index contributed by atoms with van der Waals surface area (Å²) in [6.45, 7) is 8.14. The van der Waals surface area contributed by atoms with Crippen molar-refractivity contribution < 1.29 is 9.53 Å². The van der Waals surface area contributed by atoms with E-state index in [1.54, 1.807) is 29.3 Å². The maximum atomic E-state index is 13.2. The second-order valence-corrected chi connectivity index (χ2v) is 8.87. The maximum absolute atomic E-state index is 13.2. The molecule has 0 unspecified atom stereocenters. The molecule has 1 aliphatic rings. The summed E-state index contributed by atoms with van der Waals surface area (Å²) in [5, 5.41) is 0.869. The summed E-state index contributed by atoms with van der Waals surface area (Å²) < 4.78 is 6.05. The molecule has 0 N–H and O–H groups in total. The molecule has 0 saturated carbocycles. The van der Waals surface area contributed by atoms with Crippen LogP contribution in [-0.4, -0.2) is 24.3 Å². The zero-order valence-electron chi connectivity index (χ0n) is 18.4. The molecule has 3 aromatic carbocycles. The van der Waals surface area contributed by atoms with E-state index < -0.39 is 6.10 Å². The first-order valence-corrected chi connectivity index (χ1v) is 11.1. The van der Waals surface area contributed by atoms with Crippen LogP contribution >= 0.6 is 23.2 Å². The van der Waals surface area contributed by atoms with Gasteiger partial charge < -0.3 is 4.74 Å². The molecular formula is C26H24Cl2N2O2. The van der Waals surface area contributed by atoms with Crippen molar-refractivity contribution in [3.63, 3.8) is 0 Å². The van der Waals surface area contributed by atoms with Crippen molar-refractivity contribution in [1.29, 1.82) is 0 Å². The second kappa shape index (κ2) is 8.97. The largest absolute Gasteiger partial charge is 0.476 e. The number of anilines is 1. The van der Waals surface area contributed by atoms with E-state index in [0.717, 1.165) is 33.6 Å². The third-order valence-corrected chi connectivity index (χ3v) is 6.55. The van der Waals surface area contributed by atoms with Gasteiger partial charge in [-0.2, -0.15) is 0 Å². The Hall–Kier alpha value is -2.82. The zero-order valence-corrected chi connectivity index (χ0v) is 19.9. The van der Waals surface area contributed by atoms with Gasteiger partial charge >= 0.3 is 0 Å². The van der Waals surface area contributed by atoms with Crippen molar-refractivity contribution in [2.75, 3.05) is 4.90 Å². The quantitative estimate of drug-likeness (QED) is 0.306. The van der Waals surface area contributed by atoms with Crippen LogP contribution in [0.15, 0.2) is 59.6 Å². The standard InChI is InChI=1S/C26H24Cl2N2O2/c1-15-7-5-9-21(17(15)3)29-14-23-25(32-24-12-11-19(27)13-20(24)28)26(31)30(23)22-10-6-8-16(2)18(22)4/h5-14,23,25H,1-4H3/t23-,25-/m1/s1. The summed E-state index contributed by atoms with van der Waals surface area (Å²) in [5.41, 5.74) is 6.16. The summed E-state index contributed by atoms with van der Waals surface area (Å²) >= 11 is 12.3. The summed E-state index contributed by atoms with van der Waals surface area (Å²) in [5.74, 6) is 0.280. The molecule has 0 radical (unpaired) electrons. The fourth-order valence-corrected chi connectivity index (χ4v) is 4.22. The minimum Gasteiger partial charge on any atom is -0.476 e. The molecule has 0 aromatic heterocycles. The molecule has 4 rings (SSSR count). The topological polar surface area (TPSA) is 41.9 Å². The Morgan fingerprint density at radius 3 is 2.34 bits per heavy atom. The first kappa shape index (κ1) is 22.4. The van der Waals surface area contributed by atoms with Gasteiger partial charge in [0.05, 0.1) is 10.7 Å². The highest BCUT2D eigenvalue weighted by Crippen LogP contribution is 2.36. The molecule has 164 valence electrons. The van der Waals surface area contributed by atoms with E-state index in [1.807, 2.05) is 51.1 Å². The molecule has 4 nitrogen and oxygen atoms in total. The number of amides is 1. The number of rotatable bonds is 5. The Morgan fingerprint density at radius 1 is 0.938 bits per heavy atom. The molecule has 1 saturated heterocycles. The monoisotopic (exact) mass is 466 g/mol. The number of ether oxygens (including phenoxy) is 1. The summed E-state index contributed by atoms with van der Waals surface area (Å²) in [6, 6.07) is 16.5. The normalized spacial score (nSPS) is 18.2. The van der Waals surface area contributed by atoms with E-state index in [9.17, 15) is 4.79 Å². The smallest absolute Gasteiger partial charge is 0.271 e. The summed E-state index contributed by atoms with van der Waals surface area (Å²) in [4.78, 5) is 19.7. The van der Waals surface area contributed by atoms with E-state index >= 15 is 0 Å². The van der Waals surface area contributed by atoms with E-state index in [4.69, 9.17) is 32.9 Å². The molecule has 1 aliphatic heterocycles. The molecule has 0 spiro atoms. The van der Waals surface area contributed by atoms with E-state index in [-0.39, 0.29) is 11.9 Å². The molecule has 0 bridgehead atoms. The highest BCUT2D eigenvalue weighted by molar-refractivity contribution is 6.35. The predicted molar refractivity (Wildman–Crippen MR) is 132 cm³/mol. The third kappa shape index (κ3) is 4.13. The van der Waals surface area contributed by atoms with Crippen molar-refractivity contribution in [1.82, 2.24) is 0 Å². The lowest BCUT2D eigenvalue weighted by Crippen LogP contribution is -2.68. The molecule has 1 amide bonds. The number of aryl methyl sites for hydroxylation is 2. The van der Waals surface area contributed by atoms with Gasteiger partial charge in [-0.15, -0.1) is 0 Å². The minimum absolute atomic E-state index is 0.137. The van der Waals surface area contributed by atoms with Crippen LogP contribution in [0.2, 0.25) is 10.0 Å². The van der Waals surface area contributed by atoms with Gasteiger partial charge in [-0.3, -0.25) is 14.7 Å². The Kier molecular flexibility index (Phi) is 6.27. The van der Waals surface area contributed by atoms with Crippen molar-refractivity contribution >= 4 is 46.7 Å². The first-order chi connectivity index (χ1) is 15.3. The van der Waals surface area contributed by atoms with Crippen LogP contribution in [0.4, 0.5) is 11.4 Å². The number of halogens is 2. The molecule has 6 heteroatoms. The molecule has 2 atom stereocenters. The molecule has 0 aliphatic carbocycles. The van der Waals surface area contributed by atoms with Crippen molar-refractivity contribution in [3.05, 3.63) is 86.9 Å². The summed E-state index contributed by atoms with van der Waals surface area (Å²) in [7, 11) is 0. The van der Waals surface area contributed by atoms with Crippen LogP contribution in [-0.2, 0) is 4.79 Å². The van der Waals surface area contributed by atoms with Crippen molar-refractivity contribution in [2.45, 2.75) is 39.8 Å². The van der Waals surface area contributed by atoms with Crippen molar-refractivity contribution in [3.8, 4) is 5.75 Å². The Labute approximate surface area is 198 Å². The number of hydrogen-bond acceptors (Lipinski definition) is 3. The van der Waals surface area contributed by atoms with Crippen LogP contribution in [0.3, 0.4) is 0 Å². The Morgan fingerprint density at radius 2 is 1.62 bits per heavy atom. The van der Waals surface area contributed by atoms with Gasteiger partial charge in [0.1, 0.15) is 11.8 Å². The number of carbonyl (C=O) groups is 1. The van der Waals surface area contributed by atoms with Crippen LogP contribution < -0.4 is 9.64 Å². The second-order valence-electron chi connectivity index (χ2n) is 8.03. The molecular weight excluding hydrogens is 443 g/mol. The molecule has 32 heavy (non-hydrogen) atoms. The van der Waals surface area contributed by atoms with Crippen molar-refractivity contribution in [2.24, 2.45) is 4.99 Å². The highest BCUT2D eigenvalue weighted by Gasteiger charge is 2.50. The van der Waals surface area contributed by atoms with Crippen LogP contribution in [0, 0.1) is 27.7 Å². The molecule has 3 aromatic rings. The van der Waals surface area contributed by atoms with Gasteiger partial charge in [0.25, 0.3) is 5.91 Å². The van der Waals surface area contributed by atoms with E-state index in [1.165, 1.54) is 0 Å². The SMILES string of the molecule is Cc1cccc(N=C[C@@H]2[C@@H](Oc3ccc(Cl)cc3Cl)C(=O)N2c2cccc(C)c2C)c1C. The van der Waals surface area contributed by atoms with Gasteiger partial charge in [-0.05, 0) is 80.3 Å². The van der Waals surface area contributed by atoms with Crippen LogP contribution in [0.1, 0.15) is 22.3 Å². The fraction of sp³-hybridized carbons (Fsp3) is 0.231. The first-order valence-electron chi connectivity index (χ1n) is 10.4. The zero-order chi connectivity index (χ0) is 23.0. The highest BCUT2D eigenvalue weighted by atomic mass is 35.5. The third-order valence-electron chi connectivity index (χ3n) is 6.01. The van der Waals surface area contributed by atoms with Gasteiger partial charge in [0.2, 0.25) is 6.10 Å². The maximum Gasteiger partial charge on any atom is 0.271 e.